The Labute approximate surface area is 172 Å². The Kier molecular flexibility index (Phi) is 5.30. The van der Waals surface area contributed by atoms with E-state index in [2.05, 4.69) is 4.98 Å². The van der Waals surface area contributed by atoms with Crippen LogP contribution in [0.5, 0.6) is 0 Å². The molecule has 1 saturated heterocycles. The van der Waals surface area contributed by atoms with E-state index in [1.165, 1.54) is 20.4 Å². The standard InChI is InChI=1S/C19H26N4O4S2/c1-15-20-19(14-21(15)2)29(26,27)23-11-9-22(10-12-23)28(24,25)18-8-7-16-5-3-4-6-17(16)13-18/h7-8,13-14H,3-6,9-12H2,1-2H3. The Morgan fingerprint density at radius 3 is 2.03 bits per heavy atom. The first-order valence-corrected chi connectivity index (χ1v) is 12.7. The number of piperazine rings is 1. The van der Waals surface area contributed by atoms with Crippen molar-refractivity contribution in [1.29, 1.82) is 0 Å². The van der Waals surface area contributed by atoms with Crippen LogP contribution in [0.4, 0.5) is 0 Å². The van der Waals surface area contributed by atoms with Crippen molar-refractivity contribution in [3.8, 4) is 0 Å². The van der Waals surface area contributed by atoms with Gasteiger partial charge >= 0.3 is 0 Å². The Morgan fingerprint density at radius 2 is 1.45 bits per heavy atom. The molecule has 0 radical (unpaired) electrons. The molecule has 158 valence electrons. The lowest BCUT2D eigenvalue weighted by Crippen LogP contribution is -2.50. The minimum atomic E-state index is -3.73. The third-order valence-corrected chi connectivity index (χ3v) is 9.51. The molecule has 2 aliphatic rings. The van der Waals surface area contributed by atoms with Crippen LogP contribution in [0.3, 0.4) is 0 Å². The molecule has 1 aromatic carbocycles. The second-order valence-electron chi connectivity index (χ2n) is 7.68. The predicted octanol–water partition coefficient (Wildman–Crippen LogP) is 1.30. The van der Waals surface area contributed by atoms with Gasteiger partial charge in [0.2, 0.25) is 10.0 Å². The van der Waals surface area contributed by atoms with Crippen molar-refractivity contribution in [3.05, 3.63) is 41.3 Å². The summed E-state index contributed by atoms with van der Waals surface area (Å²) in [4.78, 5) is 4.42. The summed E-state index contributed by atoms with van der Waals surface area (Å²) < 4.78 is 56.2. The largest absolute Gasteiger partial charge is 0.337 e. The molecule has 0 amide bonds. The molecule has 29 heavy (non-hydrogen) atoms. The average Bonchev–Trinajstić information content (AvgIpc) is 3.07. The summed E-state index contributed by atoms with van der Waals surface area (Å²) in [7, 11) is -5.63. The number of fused-ring (bicyclic) bond motifs is 1. The highest BCUT2D eigenvalue weighted by molar-refractivity contribution is 7.89. The van der Waals surface area contributed by atoms with Crippen molar-refractivity contribution in [2.24, 2.45) is 7.05 Å². The van der Waals surface area contributed by atoms with Gasteiger partial charge in [0.25, 0.3) is 10.0 Å². The van der Waals surface area contributed by atoms with E-state index in [9.17, 15) is 16.8 Å². The van der Waals surface area contributed by atoms with Crippen LogP contribution in [0, 0.1) is 6.92 Å². The maximum absolute atomic E-state index is 13.1. The third-order valence-electron chi connectivity index (χ3n) is 5.85. The first-order valence-electron chi connectivity index (χ1n) is 9.82. The van der Waals surface area contributed by atoms with Crippen LogP contribution in [0.2, 0.25) is 0 Å². The van der Waals surface area contributed by atoms with Crippen LogP contribution >= 0.6 is 0 Å². The lowest BCUT2D eigenvalue weighted by Gasteiger charge is -2.33. The van der Waals surface area contributed by atoms with Crippen LogP contribution in [-0.2, 0) is 39.9 Å². The van der Waals surface area contributed by atoms with Gasteiger partial charge in [-0.2, -0.15) is 8.61 Å². The molecule has 10 heteroatoms. The molecule has 2 aromatic rings. The Balaban J connectivity index is 1.50. The molecule has 1 aliphatic carbocycles. The van der Waals surface area contributed by atoms with E-state index in [1.54, 1.807) is 30.7 Å². The van der Waals surface area contributed by atoms with E-state index in [-0.39, 0.29) is 31.2 Å². The van der Waals surface area contributed by atoms with E-state index >= 15 is 0 Å². The summed E-state index contributed by atoms with van der Waals surface area (Å²) in [6.45, 7) is 2.22. The highest BCUT2D eigenvalue weighted by atomic mass is 32.2. The molecule has 4 rings (SSSR count). The molecule has 8 nitrogen and oxygen atoms in total. The molecule has 0 saturated carbocycles. The van der Waals surface area contributed by atoms with Gasteiger partial charge < -0.3 is 4.57 Å². The van der Waals surface area contributed by atoms with Crippen LogP contribution in [0.25, 0.3) is 0 Å². The maximum Gasteiger partial charge on any atom is 0.262 e. The normalized spacial score (nSPS) is 19.2. The van der Waals surface area contributed by atoms with E-state index in [0.29, 0.717) is 10.7 Å². The summed E-state index contributed by atoms with van der Waals surface area (Å²) in [5.74, 6) is 0.609. The third kappa shape index (κ3) is 3.74. The van der Waals surface area contributed by atoms with Crippen molar-refractivity contribution < 1.29 is 16.8 Å². The van der Waals surface area contributed by atoms with E-state index in [4.69, 9.17) is 0 Å². The van der Waals surface area contributed by atoms with Gasteiger partial charge in [-0.25, -0.2) is 21.8 Å². The fourth-order valence-electron chi connectivity index (χ4n) is 3.95. The predicted molar refractivity (Wildman–Crippen MR) is 109 cm³/mol. The van der Waals surface area contributed by atoms with Gasteiger partial charge in [0.1, 0.15) is 5.82 Å². The average molecular weight is 439 g/mol. The van der Waals surface area contributed by atoms with Crippen LogP contribution < -0.4 is 0 Å². The quantitative estimate of drug-likeness (QED) is 0.718. The molecule has 1 aliphatic heterocycles. The van der Waals surface area contributed by atoms with E-state index in [1.807, 2.05) is 6.07 Å². The number of nitrogens with zero attached hydrogens (tertiary/aromatic N) is 4. The lowest BCUT2D eigenvalue weighted by molar-refractivity contribution is 0.272. The molecule has 2 heterocycles. The number of sulfonamides is 2. The molecule has 0 unspecified atom stereocenters. The molecule has 0 bridgehead atoms. The zero-order chi connectivity index (χ0) is 20.8. The molecular formula is C19H26N4O4S2. The molecule has 1 fully saturated rings. The van der Waals surface area contributed by atoms with Gasteiger partial charge in [0.15, 0.2) is 5.03 Å². The number of hydrogen-bond acceptors (Lipinski definition) is 5. The van der Waals surface area contributed by atoms with Crippen LogP contribution in [-0.4, -0.2) is 61.2 Å². The van der Waals surface area contributed by atoms with E-state index in [0.717, 1.165) is 31.2 Å². The first-order chi connectivity index (χ1) is 13.7. The minimum Gasteiger partial charge on any atom is -0.337 e. The van der Waals surface area contributed by atoms with Gasteiger partial charge in [-0.3, -0.25) is 0 Å². The van der Waals surface area contributed by atoms with Gasteiger partial charge in [-0.15, -0.1) is 0 Å². The van der Waals surface area contributed by atoms with Crippen molar-refractivity contribution in [2.45, 2.75) is 42.5 Å². The Bertz CT molecular complexity index is 1110. The zero-order valence-electron chi connectivity index (χ0n) is 16.7. The topological polar surface area (TPSA) is 92.6 Å². The van der Waals surface area contributed by atoms with Crippen molar-refractivity contribution in [2.75, 3.05) is 26.2 Å². The molecule has 0 N–H and O–H groups in total. The number of benzene rings is 1. The molecular weight excluding hydrogens is 412 g/mol. The number of hydrogen-bond donors (Lipinski definition) is 0. The van der Waals surface area contributed by atoms with E-state index < -0.39 is 20.0 Å². The zero-order valence-corrected chi connectivity index (χ0v) is 18.3. The fourth-order valence-corrected chi connectivity index (χ4v) is 6.87. The summed E-state index contributed by atoms with van der Waals surface area (Å²) in [6.07, 6.45) is 5.62. The first kappa shape index (κ1) is 20.5. The van der Waals surface area contributed by atoms with Crippen molar-refractivity contribution in [3.63, 3.8) is 0 Å². The molecule has 1 aromatic heterocycles. The number of aryl methyl sites for hydroxylation is 4. The SMILES string of the molecule is Cc1nc(S(=O)(=O)N2CCN(S(=O)(=O)c3ccc4c(c3)CCCC4)CC2)cn1C. The highest BCUT2D eigenvalue weighted by Crippen LogP contribution is 2.27. The summed E-state index contributed by atoms with van der Waals surface area (Å²) in [5, 5.41) is 0.00324. The lowest BCUT2D eigenvalue weighted by atomic mass is 9.92. The smallest absolute Gasteiger partial charge is 0.262 e. The van der Waals surface area contributed by atoms with Crippen LogP contribution in [0.1, 0.15) is 29.8 Å². The fraction of sp³-hybridized carbons (Fsp3) is 0.526. The summed E-state index contributed by atoms with van der Waals surface area (Å²) >= 11 is 0. The number of rotatable bonds is 4. The maximum atomic E-state index is 13.1. The van der Waals surface area contributed by atoms with Gasteiger partial charge in [-0.05, 0) is 55.9 Å². The van der Waals surface area contributed by atoms with Crippen molar-refractivity contribution in [1.82, 2.24) is 18.2 Å². The second kappa shape index (κ2) is 7.50. The monoisotopic (exact) mass is 438 g/mol. The minimum absolute atomic E-state index is 0.00324. The Morgan fingerprint density at radius 1 is 0.862 bits per heavy atom. The Hall–Kier alpha value is -1.75. The summed E-state index contributed by atoms with van der Waals surface area (Å²) in [5.41, 5.74) is 2.35. The number of imidazole rings is 1. The summed E-state index contributed by atoms with van der Waals surface area (Å²) in [6, 6.07) is 5.40. The molecule has 0 atom stereocenters. The van der Waals surface area contributed by atoms with Gasteiger partial charge in [-0.1, -0.05) is 6.07 Å². The van der Waals surface area contributed by atoms with Gasteiger partial charge in [0, 0.05) is 39.4 Å². The highest BCUT2D eigenvalue weighted by Gasteiger charge is 2.35. The van der Waals surface area contributed by atoms with Crippen molar-refractivity contribution >= 4 is 20.0 Å². The second-order valence-corrected chi connectivity index (χ2v) is 11.5. The van der Waals surface area contributed by atoms with Crippen LogP contribution in [0.15, 0.2) is 34.3 Å². The molecule has 0 spiro atoms. The van der Waals surface area contributed by atoms with Gasteiger partial charge in [0.05, 0.1) is 4.90 Å². The number of aromatic nitrogens is 2.